The van der Waals surface area contributed by atoms with Gasteiger partial charge in [0.1, 0.15) is 11.5 Å². The molecule has 0 unspecified atom stereocenters. The van der Waals surface area contributed by atoms with Crippen LogP contribution in [-0.4, -0.2) is 28.8 Å². The maximum absolute atomic E-state index is 10.7. The highest BCUT2D eigenvalue weighted by Gasteiger charge is 2.25. The Balaban J connectivity index is 1.95. The number of ether oxygens (including phenoxy) is 1. The van der Waals surface area contributed by atoms with Crippen LogP contribution in [0.2, 0.25) is 5.02 Å². The molecule has 2 aromatic rings. The third kappa shape index (κ3) is 6.05. The van der Waals surface area contributed by atoms with Gasteiger partial charge in [0.25, 0.3) is 0 Å². The molecule has 0 bridgehead atoms. The van der Waals surface area contributed by atoms with Crippen molar-refractivity contribution in [2.24, 2.45) is 0 Å². The number of halogens is 1. The number of hydrogen-bond acceptors (Lipinski definition) is 4. The van der Waals surface area contributed by atoms with E-state index < -0.39 is 11.7 Å². The zero-order valence-corrected chi connectivity index (χ0v) is 15.0. The lowest BCUT2D eigenvalue weighted by molar-refractivity contribution is -0.139. The largest absolute Gasteiger partial charge is 0.482 e. The first-order valence-corrected chi connectivity index (χ1v) is 8.34. The van der Waals surface area contributed by atoms with Crippen LogP contribution < -0.4 is 10.1 Å². The Bertz CT molecular complexity index is 716. The molecule has 5 nitrogen and oxygen atoms in total. The van der Waals surface area contributed by atoms with Crippen LogP contribution in [-0.2, 0) is 16.9 Å². The van der Waals surface area contributed by atoms with Crippen molar-refractivity contribution in [1.82, 2.24) is 5.32 Å². The highest BCUT2D eigenvalue weighted by atomic mass is 35.5. The van der Waals surface area contributed by atoms with E-state index in [9.17, 15) is 9.90 Å². The van der Waals surface area contributed by atoms with E-state index in [2.05, 4.69) is 5.32 Å². The maximum atomic E-state index is 10.7. The Hall–Kier alpha value is -2.08. The van der Waals surface area contributed by atoms with Gasteiger partial charge in [0.2, 0.25) is 0 Å². The Morgan fingerprint density at radius 1 is 1.28 bits per heavy atom. The topological polar surface area (TPSA) is 78.8 Å². The number of nitrogens with one attached hydrogen (secondary N) is 1. The SMILES string of the molecule is C[C@@H](Cc1ccc(OCC(=O)O)cc1)N[C@@](C)(O)c1cccc(Cl)c1. The summed E-state index contributed by atoms with van der Waals surface area (Å²) in [4.78, 5) is 10.5. The molecule has 3 N–H and O–H groups in total. The van der Waals surface area contributed by atoms with Gasteiger partial charge < -0.3 is 14.9 Å². The van der Waals surface area contributed by atoms with Crippen LogP contribution in [0.1, 0.15) is 25.0 Å². The number of aliphatic hydroxyl groups is 1. The van der Waals surface area contributed by atoms with Gasteiger partial charge in [-0.1, -0.05) is 35.9 Å². The van der Waals surface area contributed by atoms with E-state index >= 15 is 0 Å². The Labute approximate surface area is 152 Å². The average molecular weight is 364 g/mol. The molecule has 25 heavy (non-hydrogen) atoms. The molecule has 0 aliphatic heterocycles. The van der Waals surface area contributed by atoms with Crippen molar-refractivity contribution in [1.29, 1.82) is 0 Å². The summed E-state index contributed by atoms with van der Waals surface area (Å²) in [6, 6.07) is 14.3. The van der Waals surface area contributed by atoms with Crippen LogP contribution >= 0.6 is 11.6 Å². The van der Waals surface area contributed by atoms with Gasteiger partial charge in [-0.25, -0.2) is 4.79 Å². The fraction of sp³-hybridized carbons (Fsp3) is 0.316. The Kier molecular flexibility index (Phi) is 6.42. The summed E-state index contributed by atoms with van der Waals surface area (Å²) in [5.74, 6) is -0.497. The molecule has 0 aliphatic carbocycles. The molecule has 0 spiro atoms. The molecule has 0 radical (unpaired) electrons. The zero-order valence-electron chi connectivity index (χ0n) is 14.2. The minimum atomic E-state index is -1.20. The van der Waals surface area contributed by atoms with E-state index in [0.717, 1.165) is 5.56 Å². The summed E-state index contributed by atoms with van der Waals surface area (Å²) in [7, 11) is 0. The lowest BCUT2D eigenvalue weighted by Gasteiger charge is -2.29. The maximum Gasteiger partial charge on any atom is 0.341 e. The van der Waals surface area contributed by atoms with Crippen LogP contribution in [0.15, 0.2) is 48.5 Å². The number of carbonyl (C=O) groups is 1. The molecule has 6 heteroatoms. The van der Waals surface area contributed by atoms with Gasteiger partial charge in [-0.05, 0) is 55.7 Å². The van der Waals surface area contributed by atoms with E-state index in [1.807, 2.05) is 25.1 Å². The molecule has 0 aromatic heterocycles. The fourth-order valence-electron chi connectivity index (χ4n) is 2.63. The molecule has 134 valence electrons. The van der Waals surface area contributed by atoms with Gasteiger partial charge in [-0.15, -0.1) is 0 Å². The standard InChI is InChI=1S/C19H22ClNO4/c1-13(21-19(2,24)15-4-3-5-16(20)11-15)10-14-6-8-17(9-7-14)25-12-18(22)23/h3-9,11,13,21,24H,10,12H2,1-2H3,(H,22,23)/t13-,19-/m0/s1. The van der Waals surface area contributed by atoms with Gasteiger partial charge in [-0.2, -0.15) is 0 Å². The first-order valence-electron chi connectivity index (χ1n) is 7.96. The Morgan fingerprint density at radius 3 is 2.56 bits per heavy atom. The second kappa shape index (κ2) is 8.34. The molecule has 0 heterocycles. The van der Waals surface area contributed by atoms with Crippen LogP contribution in [0, 0.1) is 0 Å². The van der Waals surface area contributed by atoms with E-state index in [0.29, 0.717) is 22.8 Å². The smallest absolute Gasteiger partial charge is 0.341 e. The van der Waals surface area contributed by atoms with Crippen molar-refractivity contribution in [3.8, 4) is 5.75 Å². The van der Waals surface area contributed by atoms with Crippen molar-refractivity contribution in [2.75, 3.05) is 6.61 Å². The lowest BCUT2D eigenvalue weighted by Crippen LogP contribution is -2.45. The summed E-state index contributed by atoms with van der Waals surface area (Å²) >= 11 is 5.99. The first kappa shape index (κ1) is 19.2. The molecule has 2 atom stereocenters. The summed E-state index contributed by atoms with van der Waals surface area (Å²) < 4.78 is 5.11. The molecule has 0 saturated heterocycles. The number of carboxylic acid groups (broad SMARTS) is 1. The second-order valence-corrected chi connectivity index (χ2v) is 6.59. The molecule has 0 fully saturated rings. The number of benzene rings is 2. The van der Waals surface area contributed by atoms with Crippen molar-refractivity contribution in [2.45, 2.75) is 32.0 Å². The fourth-order valence-corrected chi connectivity index (χ4v) is 2.82. The van der Waals surface area contributed by atoms with Crippen molar-refractivity contribution in [3.05, 3.63) is 64.7 Å². The van der Waals surface area contributed by atoms with E-state index in [4.69, 9.17) is 21.4 Å². The van der Waals surface area contributed by atoms with Crippen LogP contribution in [0.25, 0.3) is 0 Å². The molecule has 0 amide bonds. The molecule has 2 aromatic carbocycles. The third-order valence-electron chi connectivity index (χ3n) is 3.74. The summed E-state index contributed by atoms with van der Waals surface area (Å²) in [6.45, 7) is 3.31. The molecule has 0 saturated carbocycles. The molecule has 2 rings (SSSR count). The van der Waals surface area contributed by atoms with Crippen molar-refractivity contribution >= 4 is 17.6 Å². The van der Waals surface area contributed by atoms with Gasteiger partial charge >= 0.3 is 5.97 Å². The predicted octanol–water partition coefficient (Wildman–Crippen LogP) is 3.19. The summed E-state index contributed by atoms with van der Waals surface area (Å²) in [5, 5.41) is 23.0. The monoisotopic (exact) mass is 363 g/mol. The minimum absolute atomic E-state index is 0.000213. The van der Waals surface area contributed by atoms with Gasteiger partial charge in [0.05, 0.1) is 0 Å². The highest BCUT2D eigenvalue weighted by molar-refractivity contribution is 6.30. The highest BCUT2D eigenvalue weighted by Crippen LogP contribution is 2.22. The lowest BCUT2D eigenvalue weighted by atomic mass is 10.0. The van der Waals surface area contributed by atoms with Gasteiger partial charge in [-0.3, -0.25) is 5.32 Å². The van der Waals surface area contributed by atoms with E-state index in [1.165, 1.54) is 0 Å². The Morgan fingerprint density at radius 2 is 1.96 bits per heavy atom. The predicted molar refractivity (Wildman–Crippen MR) is 96.9 cm³/mol. The third-order valence-corrected chi connectivity index (χ3v) is 3.98. The molecule has 0 aliphatic rings. The van der Waals surface area contributed by atoms with E-state index in [-0.39, 0.29) is 12.6 Å². The molecular formula is C19H22ClNO4. The normalized spacial score (nSPS) is 14.6. The zero-order chi connectivity index (χ0) is 18.4. The average Bonchev–Trinajstić information content (AvgIpc) is 2.53. The summed E-state index contributed by atoms with van der Waals surface area (Å²) in [5.41, 5.74) is 0.545. The van der Waals surface area contributed by atoms with Gasteiger partial charge in [0.15, 0.2) is 6.61 Å². The van der Waals surface area contributed by atoms with Crippen molar-refractivity contribution < 1.29 is 19.7 Å². The first-order chi connectivity index (χ1) is 11.8. The van der Waals surface area contributed by atoms with Gasteiger partial charge in [0, 0.05) is 11.1 Å². The molecular weight excluding hydrogens is 342 g/mol. The van der Waals surface area contributed by atoms with Crippen LogP contribution in [0.5, 0.6) is 5.75 Å². The van der Waals surface area contributed by atoms with Crippen LogP contribution in [0.4, 0.5) is 0 Å². The number of carboxylic acids is 1. The van der Waals surface area contributed by atoms with Crippen molar-refractivity contribution in [3.63, 3.8) is 0 Å². The number of rotatable bonds is 8. The van der Waals surface area contributed by atoms with Crippen LogP contribution in [0.3, 0.4) is 0 Å². The minimum Gasteiger partial charge on any atom is -0.482 e. The quantitative estimate of drug-likeness (QED) is 0.628. The van der Waals surface area contributed by atoms with E-state index in [1.54, 1.807) is 37.3 Å². The number of aliphatic carboxylic acids is 1. The second-order valence-electron chi connectivity index (χ2n) is 6.16. The summed E-state index contributed by atoms with van der Waals surface area (Å²) in [6.07, 6.45) is 0.690. The number of hydrogen-bond donors (Lipinski definition) is 3.